The van der Waals surface area contributed by atoms with Gasteiger partial charge in [0.1, 0.15) is 40.4 Å². The first kappa shape index (κ1) is 18.7. The largest absolute Gasteiger partial charge is 0.497 e. The van der Waals surface area contributed by atoms with Crippen LogP contribution in [0, 0.1) is 5.82 Å². The molecule has 0 aliphatic heterocycles. The summed E-state index contributed by atoms with van der Waals surface area (Å²) in [5, 5.41) is 5.03. The predicted octanol–water partition coefficient (Wildman–Crippen LogP) is 4.13. The third-order valence-electron chi connectivity index (χ3n) is 3.62. The van der Waals surface area contributed by atoms with Gasteiger partial charge in [-0.15, -0.1) is 11.3 Å². The van der Waals surface area contributed by atoms with Gasteiger partial charge < -0.3 is 19.5 Å². The number of nitrogens with one attached hydrogen (secondary N) is 1. The number of thiazole rings is 1. The molecule has 8 heteroatoms. The highest BCUT2D eigenvalue weighted by molar-refractivity contribution is 7.09. The number of anilines is 1. The molecule has 1 amide bonds. The molecule has 0 spiro atoms. The van der Waals surface area contributed by atoms with E-state index in [2.05, 4.69) is 10.3 Å². The number of benzene rings is 2. The molecule has 0 aliphatic rings. The van der Waals surface area contributed by atoms with E-state index in [4.69, 9.17) is 14.2 Å². The molecule has 2 aromatic carbocycles. The molecule has 3 rings (SSSR count). The predicted molar refractivity (Wildman–Crippen MR) is 100 cm³/mol. The number of methoxy groups -OCH3 is 2. The van der Waals surface area contributed by atoms with Gasteiger partial charge in [0.15, 0.2) is 0 Å². The SMILES string of the molecule is COc1ccc(OC)c(NC(=O)c2csc(COc3ccc(F)cc3)n2)c1. The second kappa shape index (κ2) is 8.50. The van der Waals surface area contributed by atoms with Crippen LogP contribution < -0.4 is 19.5 Å². The molecular weight excluding hydrogens is 371 g/mol. The Morgan fingerprint density at radius 3 is 2.56 bits per heavy atom. The number of ether oxygens (including phenoxy) is 3. The van der Waals surface area contributed by atoms with E-state index >= 15 is 0 Å². The van der Waals surface area contributed by atoms with Crippen LogP contribution >= 0.6 is 11.3 Å². The highest BCUT2D eigenvalue weighted by atomic mass is 32.1. The number of carbonyl (C=O) groups is 1. The Labute approximate surface area is 159 Å². The van der Waals surface area contributed by atoms with E-state index < -0.39 is 0 Å². The van der Waals surface area contributed by atoms with Crippen molar-refractivity contribution in [2.24, 2.45) is 0 Å². The zero-order valence-electron chi connectivity index (χ0n) is 14.7. The van der Waals surface area contributed by atoms with Gasteiger partial charge in [-0.1, -0.05) is 0 Å². The van der Waals surface area contributed by atoms with E-state index in [1.54, 1.807) is 30.7 Å². The Morgan fingerprint density at radius 1 is 1.11 bits per heavy atom. The normalized spacial score (nSPS) is 10.3. The highest BCUT2D eigenvalue weighted by Gasteiger charge is 2.14. The lowest BCUT2D eigenvalue weighted by Gasteiger charge is -2.10. The summed E-state index contributed by atoms with van der Waals surface area (Å²) >= 11 is 1.30. The first-order chi connectivity index (χ1) is 13.1. The van der Waals surface area contributed by atoms with Gasteiger partial charge in [0, 0.05) is 11.4 Å². The summed E-state index contributed by atoms with van der Waals surface area (Å²) in [6.45, 7) is 0.187. The van der Waals surface area contributed by atoms with Crippen molar-refractivity contribution in [1.82, 2.24) is 4.98 Å². The molecule has 0 atom stereocenters. The average molecular weight is 388 g/mol. The number of hydrogen-bond acceptors (Lipinski definition) is 6. The molecule has 0 aliphatic carbocycles. The van der Waals surface area contributed by atoms with Crippen molar-refractivity contribution in [3.8, 4) is 17.2 Å². The molecule has 0 fully saturated rings. The lowest BCUT2D eigenvalue weighted by Crippen LogP contribution is -2.13. The number of halogens is 1. The molecule has 1 heterocycles. The van der Waals surface area contributed by atoms with Gasteiger partial charge in [0.2, 0.25) is 0 Å². The Hall–Kier alpha value is -3.13. The van der Waals surface area contributed by atoms with Crippen molar-refractivity contribution in [3.05, 3.63) is 64.4 Å². The van der Waals surface area contributed by atoms with Crippen LogP contribution in [0.1, 0.15) is 15.5 Å². The zero-order valence-corrected chi connectivity index (χ0v) is 15.5. The highest BCUT2D eigenvalue weighted by Crippen LogP contribution is 2.29. The number of aromatic nitrogens is 1. The minimum absolute atomic E-state index is 0.187. The fourth-order valence-electron chi connectivity index (χ4n) is 2.26. The van der Waals surface area contributed by atoms with E-state index in [-0.39, 0.29) is 24.0 Å². The summed E-state index contributed by atoms with van der Waals surface area (Å²) in [4.78, 5) is 16.7. The van der Waals surface area contributed by atoms with Crippen molar-refractivity contribution in [2.45, 2.75) is 6.61 Å². The molecule has 6 nitrogen and oxygen atoms in total. The Bertz CT molecular complexity index is 928. The van der Waals surface area contributed by atoms with Crippen LogP contribution in [-0.2, 0) is 6.61 Å². The molecule has 3 aromatic rings. The van der Waals surface area contributed by atoms with E-state index in [9.17, 15) is 9.18 Å². The molecule has 0 radical (unpaired) electrons. The van der Waals surface area contributed by atoms with Crippen molar-refractivity contribution < 1.29 is 23.4 Å². The van der Waals surface area contributed by atoms with Gasteiger partial charge in [-0.3, -0.25) is 4.79 Å². The van der Waals surface area contributed by atoms with Crippen molar-refractivity contribution in [3.63, 3.8) is 0 Å². The molecule has 0 unspecified atom stereocenters. The van der Waals surface area contributed by atoms with Gasteiger partial charge in [0.05, 0.1) is 19.9 Å². The standard InChI is InChI=1S/C19H17FN2O4S/c1-24-14-7-8-17(25-2)15(9-14)22-19(23)16-11-27-18(21-16)10-26-13-5-3-12(20)4-6-13/h3-9,11H,10H2,1-2H3,(H,22,23). The van der Waals surface area contributed by atoms with E-state index in [1.807, 2.05) is 0 Å². The molecule has 1 aromatic heterocycles. The smallest absolute Gasteiger partial charge is 0.275 e. The lowest BCUT2D eigenvalue weighted by atomic mass is 10.2. The van der Waals surface area contributed by atoms with Crippen LogP contribution in [0.25, 0.3) is 0 Å². The maximum atomic E-state index is 12.9. The quantitative estimate of drug-likeness (QED) is 0.659. The maximum Gasteiger partial charge on any atom is 0.275 e. The molecule has 1 N–H and O–H groups in total. The maximum absolute atomic E-state index is 12.9. The first-order valence-electron chi connectivity index (χ1n) is 7.95. The average Bonchev–Trinajstić information content (AvgIpc) is 3.16. The van der Waals surface area contributed by atoms with Gasteiger partial charge in [-0.2, -0.15) is 0 Å². The summed E-state index contributed by atoms with van der Waals surface area (Å²) in [5.74, 6) is 0.935. The summed E-state index contributed by atoms with van der Waals surface area (Å²) in [6.07, 6.45) is 0. The minimum Gasteiger partial charge on any atom is -0.497 e. The van der Waals surface area contributed by atoms with E-state index in [1.165, 1.54) is 42.7 Å². The topological polar surface area (TPSA) is 69.7 Å². The minimum atomic E-state index is -0.370. The van der Waals surface area contributed by atoms with Gasteiger partial charge >= 0.3 is 0 Å². The summed E-state index contributed by atoms with van der Waals surface area (Å²) in [5.41, 5.74) is 0.751. The summed E-state index contributed by atoms with van der Waals surface area (Å²) < 4.78 is 28.8. The van der Waals surface area contributed by atoms with Gasteiger partial charge in [-0.25, -0.2) is 9.37 Å². The lowest BCUT2D eigenvalue weighted by molar-refractivity contribution is 0.102. The molecule has 27 heavy (non-hydrogen) atoms. The van der Waals surface area contributed by atoms with Crippen molar-refractivity contribution in [2.75, 3.05) is 19.5 Å². The monoisotopic (exact) mass is 388 g/mol. The third-order valence-corrected chi connectivity index (χ3v) is 4.44. The Balaban J connectivity index is 1.65. The van der Waals surface area contributed by atoms with Crippen LogP contribution in [0.3, 0.4) is 0 Å². The summed E-state index contributed by atoms with van der Waals surface area (Å²) in [6, 6.07) is 10.8. The number of carbonyl (C=O) groups excluding carboxylic acids is 1. The van der Waals surface area contributed by atoms with Gasteiger partial charge in [0.25, 0.3) is 5.91 Å². The van der Waals surface area contributed by atoms with E-state index in [0.29, 0.717) is 27.9 Å². The van der Waals surface area contributed by atoms with Gasteiger partial charge in [-0.05, 0) is 36.4 Å². The number of nitrogens with zero attached hydrogens (tertiary/aromatic N) is 1. The van der Waals surface area contributed by atoms with Crippen LogP contribution in [-0.4, -0.2) is 25.1 Å². The number of amides is 1. The number of hydrogen-bond donors (Lipinski definition) is 1. The second-order valence-electron chi connectivity index (χ2n) is 5.39. The van der Waals surface area contributed by atoms with Crippen molar-refractivity contribution in [1.29, 1.82) is 0 Å². The molecule has 0 bridgehead atoms. The second-order valence-corrected chi connectivity index (χ2v) is 6.33. The molecule has 140 valence electrons. The number of rotatable bonds is 7. The zero-order chi connectivity index (χ0) is 19.2. The fraction of sp³-hybridized carbons (Fsp3) is 0.158. The van der Waals surface area contributed by atoms with Crippen LogP contribution in [0.15, 0.2) is 47.8 Å². The van der Waals surface area contributed by atoms with E-state index in [0.717, 1.165) is 0 Å². The fourth-order valence-corrected chi connectivity index (χ4v) is 2.94. The molecule has 0 saturated heterocycles. The third kappa shape index (κ3) is 4.73. The Morgan fingerprint density at radius 2 is 1.85 bits per heavy atom. The van der Waals surface area contributed by atoms with Crippen LogP contribution in [0.2, 0.25) is 0 Å². The van der Waals surface area contributed by atoms with Crippen LogP contribution in [0.4, 0.5) is 10.1 Å². The molecule has 0 saturated carbocycles. The summed E-state index contributed by atoms with van der Waals surface area (Å²) in [7, 11) is 3.06. The van der Waals surface area contributed by atoms with Crippen molar-refractivity contribution >= 4 is 22.9 Å². The molecular formula is C19H17FN2O4S. The first-order valence-corrected chi connectivity index (χ1v) is 8.83. The van der Waals surface area contributed by atoms with Crippen LogP contribution in [0.5, 0.6) is 17.2 Å². The Kier molecular flexibility index (Phi) is 5.87.